The van der Waals surface area contributed by atoms with Crippen LogP contribution in [0, 0.1) is 0 Å². The lowest BCUT2D eigenvalue weighted by atomic mass is 10.1. The van der Waals surface area contributed by atoms with Gasteiger partial charge in [-0.05, 0) is 69.0 Å². The molecule has 0 unspecified atom stereocenters. The third-order valence-corrected chi connectivity index (χ3v) is 6.00. The van der Waals surface area contributed by atoms with Crippen LogP contribution >= 0.6 is 23.2 Å². The second kappa shape index (κ2) is 7.90. The van der Waals surface area contributed by atoms with Crippen molar-refractivity contribution in [1.82, 2.24) is 9.80 Å². The van der Waals surface area contributed by atoms with Crippen molar-refractivity contribution < 1.29 is 4.79 Å². The molecule has 2 aliphatic rings. The maximum Gasteiger partial charge on any atom is 0.246 e. The summed E-state index contributed by atoms with van der Waals surface area (Å²) >= 11 is 11.9. The highest BCUT2D eigenvalue weighted by atomic mass is 35.5. The van der Waals surface area contributed by atoms with E-state index in [9.17, 15) is 4.79 Å². The van der Waals surface area contributed by atoms with Crippen LogP contribution in [0.4, 0.5) is 0 Å². The minimum Gasteiger partial charge on any atom is -0.338 e. The molecule has 1 aliphatic carbocycles. The minimum absolute atomic E-state index is 0.0529. The largest absolute Gasteiger partial charge is 0.338 e. The molecule has 5 heteroatoms. The molecule has 1 saturated carbocycles. The average molecular weight is 367 g/mol. The zero-order chi connectivity index (χ0) is 17.1. The van der Waals surface area contributed by atoms with E-state index in [1.807, 2.05) is 18.0 Å². The van der Waals surface area contributed by atoms with E-state index in [1.165, 1.54) is 38.8 Å². The van der Waals surface area contributed by atoms with Gasteiger partial charge in [-0.2, -0.15) is 0 Å². The van der Waals surface area contributed by atoms with Gasteiger partial charge in [-0.1, -0.05) is 29.3 Å². The van der Waals surface area contributed by atoms with Gasteiger partial charge >= 0.3 is 0 Å². The fraction of sp³-hybridized carbons (Fsp3) is 0.526. The first-order valence-electron chi connectivity index (χ1n) is 8.70. The Morgan fingerprint density at radius 3 is 2.62 bits per heavy atom. The molecule has 3 rings (SSSR count). The van der Waals surface area contributed by atoms with Crippen LogP contribution in [-0.4, -0.2) is 47.9 Å². The predicted octanol–water partition coefficient (Wildman–Crippen LogP) is 4.48. The highest BCUT2D eigenvalue weighted by Crippen LogP contribution is 2.30. The maximum absolute atomic E-state index is 12.6. The van der Waals surface area contributed by atoms with Gasteiger partial charge < -0.3 is 4.90 Å². The third kappa shape index (κ3) is 3.96. The molecule has 0 bridgehead atoms. The maximum atomic E-state index is 12.6. The Labute approximate surface area is 154 Å². The SMILES string of the molecule is CN(C(=O)/C=C/c1ccc(Cl)c(Cl)c1)[C@@H]1CCC[C@H]1N1CCCC1. The van der Waals surface area contributed by atoms with Crippen molar-refractivity contribution in [1.29, 1.82) is 0 Å². The van der Waals surface area contributed by atoms with Crippen LogP contribution in [0.2, 0.25) is 10.0 Å². The first-order valence-corrected chi connectivity index (χ1v) is 9.46. The molecule has 0 radical (unpaired) electrons. The number of halogens is 2. The van der Waals surface area contributed by atoms with Crippen molar-refractivity contribution in [2.24, 2.45) is 0 Å². The van der Waals surface area contributed by atoms with Crippen molar-refractivity contribution in [3.63, 3.8) is 0 Å². The molecule has 1 aliphatic heterocycles. The van der Waals surface area contributed by atoms with E-state index in [0.29, 0.717) is 22.1 Å². The molecular weight excluding hydrogens is 343 g/mol. The van der Waals surface area contributed by atoms with Crippen molar-refractivity contribution in [2.75, 3.05) is 20.1 Å². The number of hydrogen-bond donors (Lipinski definition) is 0. The Hall–Kier alpha value is -1.03. The first kappa shape index (κ1) is 17.8. The van der Waals surface area contributed by atoms with Crippen LogP contribution < -0.4 is 0 Å². The summed E-state index contributed by atoms with van der Waals surface area (Å²) in [7, 11) is 1.93. The highest BCUT2D eigenvalue weighted by molar-refractivity contribution is 6.42. The standard InChI is InChI=1S/C19H24Cl2N2O/c1-22(17-5-4-6-18(17)23-11-2-3-12-23)19(24)10-8-14-7-9-15(20)16(21)13-14/h7-10,13,17-18H,2-6,11-12H2,1H3/b10-8+/t17-,18-/m1/s1. The van der Waals surface area contributed by atoms with Crippen LogP contribution in [0.1, 0.15) is 37.7 Å². The number of likely N-dealkylation sites (N-methyl/N-ethyl adjacent to an activating group) is 1. The number of likely N-dealkylation sites (tertiary alicyclic amines) is 1. The van der Waals surface area contributed by atoms with Crippen molar-refractivity contribution in [3.8, 4) is 0 Å². The molecule has 2 atom stereocenters. The molecule has 2 fully saturated rings. The lowest BCUT2D eigenvalue weighted by Gasteiger charge is -2.34. The minimum atomic E-state index is 0.0529. The molecule has 130 valence electrons. The molecule has 0 aromatic heterocycles. The van der Waals surface area contributed by atoms with Crippen LogP contribution in [0.15, 0.2) is 24.3 Å². The van der Waals surface area contributed by atoms with Crippen LogP contribution in [0.5, 0.6) is 0 Å². The van der Waals surface area contributed by atoms with Gasteiger partial charge in [-0.25, -0.2) is 0 Å². The Balaban J connectivity index is 1.65. The summed E-state index contributed by atoms with van der Waals surface area (Å²) < 4.78 is 0. The van der Waals surface area contributed by atoms with Gasteiger partial charge in [-0.15, -0.1) is 0 Å². The Morgan fingerprint density at radius 1 is 1.17 bits per heavy atom. The summed E-state index contributed by atoms with van der Waals surface area (Å²) in [5.41, 5.74) is 0.883. The van der Waals surface area contributed by atoms with Crippen molar-refractivity contribution in [2.45, 2.75) is 44.2 Å². The molecule has 1 saturated heterocycles. The number of rotatable bonds is 4. The van der Waals surface area contributed by atoms with Gasteiger partial charge in [0.05, 0.1) is 10.0 Å². The molecule has 1 aromatic rings. The fourth-order valence-electron chi connectivity index (χ4n) is 3.94. The highest BCUT2D eigenvalue weighted by Gasteiger charge is 2.36. The van der Waals surface area contributed by atoms with Crippen LogP contribution in [0.3, 0.4) is 0 Å². The summed E-state index contributed by atoms with van der Waals surface area (Å²) in [5, 5.41) is 1.03. The molecule has 1 aromatic carbocycles. The van der Waals surface area contributed by atoms with E-state index >= 15 is 0 Å². The number of amides is 1. The quantitative estimate of drug-likeness (QED) is 0.733. The van der Waals surface area contributed by atoms with Gasteiger partial charge in [0.1, 0.15) is 0 Å². The smallest absolute Gasteiger partial charge is 0.246 e. The average Bonchev–Trinajstić information content (AvgIpc) is 3.25. The lowest BCUT2D eigenvalue weighted by Crippen LogP contribution is -2.48. The normalized spacial score (nSPS) is 24.8. The van der Waals surface area contributed by atoms with E-state index in [-0.39, 0.29) is 5.91 Å². The second-order valence-corrected chi connectivity index (χ2v) is 7.58. The number of carbonyl (C=O) groups is 1. The molecule has 0 N–H and O–H groups in total. The molecule has 24 heavy (non-hydrogen) atoms. The van der Waals surface area contributed by atoms with E-state index in [4.69, 9.17) is 23.2 Å². The Bertz CT molecular complexity index is 626. The van der Waals surface area contributed by atoms with Gasteiger partial charge in [0.2, 0.25) is 5.91 Å². The van der Waals surface area contributed by atoms with E-state index in [1.54, 1.807) is 24.3 Å². The third-order valence-electron chi connectivity index (χ3n) is 5.26. The summed E-state index contributed by atoms with van der Waals surface area (Å²) in [6.45, 7) is 2.37. The Kier molecular flexibility index (Phi) is 5.85. The zero-order valence-corrected chi connectivity index (χ0v) is 15.6. The number of carbonyl (C=O) groups excluding carboxylic acids is 1. The Morgan fingerprint density at radius 2 is 1.92 bits per heavy atom. The number of benzene rings is 1. The topological polar surface area (TPSA) is 23.6 Å². The van der Waals surface area contributed by atoms with Gasteiger partial charge in [-0.3, -0.25) is 9.69 Å². The molecule has 1 heterocycles. The van der Waals surface area contributed by atoms with E-state index in [2.05, 4.69) is 4.90 Å². The van der Waals surface area contributed by atoms with Gasteiger partial charge in [0.25, 0.3) is 0 Å². The van der Waals surface area contributed by atoms with Gasteiger partial charge in [0, 0.05) is 25.2 Å². The molecule has 1 amide bonds. The molecule has 3 nitrogen and oxygen atoms in total. The molecular formula is C19H24Cl2N2O. The van der Waals surface area contributed by atoms with E-state index in [0.717, 1.165) is 12.0 Å². The summed E-state index contributed by atoms with van der Waals surface area (Å²) in [6.07, 6.45) is 9.54. The lowest BCUT2D eigenvalue weighted by molar-refractivity contribution is -0.127. The predicted molar refractivity (Wildman–Crippen MR) is 101 cm³/mol. The zero-order valence-electron chi connectivity index (χ0n) is 14.0. The molecule has 0 spiro atoms. The number of hydrogen-bond acceptors (Lipinski definition) is 2. The van der Waals surface area contributed by atoms with Crippen molar-refractivity contribution >= 4 is 35.2 Å². The van der Waals surface area contributed by atoms with Crippen LogP contribution in [-0.2, 0) is 4.79 Å². The van der Waals surface area contributed by atoms with E-state index < -0.39 is 0 Å². The van der Waals surface area contributed by atoms with Crippen LogP contribution in [0.25, 0.3) is 6.08 Å². The van der Waals surface area contributed by atoms with Gasteiger partial charge in [0.15, 0.2) is 0 Å². The number of nitrogens with zero attached hydrogens (tertiary/aromatic N) is 2. The fourth-order valence-corrected chi connectivity index (χ4v) is 4.24. The first-order chi connectivity index (χ1) is 11.6. The summed E-state index contributed by atoms with van der Waals surface area (Å²) in [5.74, 6) is 0.0529. The summed E-state index contributed by atoms with van der Waals surface area (Å²) in [6, 6.07) is 6.24. The second-order valence-electron chi connectivity index (χ2n) is 6.76. The van der Waals surface area contributed by atoms with Crippen molar-refractivity contribution in [3.05, 3.63) is 39.9 Å². The monoisotopic (exact) mass is 366 g/mol. The summed E-state index contributed by atoms with van der Waals surface area (Å²) in [4.78, 5) is 17.1.